The Hall–Kier alpha value is -2.73. The van der Waals surface area contributed by atoms with Crippen molar-refractivity contribution >= 4 is 17.2 Å². The number of hydrogen-bond acceptors (Lipinski definition) is 4. The van der Waals surface area contributed by atoms with E-state index in [4.69, 9.17) is 0 Å². The van der Waals surface area contributed by atoms with Crippen LogP contribution in [0.25, 0.3) is 0 Å². The molecule has 0 saturated heterocycles. The number of benzene rings is 1. The third-order valence-electron chi connectivity index (χ3n) is 4.57. The van der Waals surface area contributed by atoms with Gasteiger partial charge in [0.1, 0.15) is 0 Å². The summed E-state index contributed by atoms with van der Waals surface area (Å²) in [6.45, 7) is 5.31. The van der Waals surface area contributed by atoms with Crippen LogP contribution in [-0.2, 0) is 24.4 Å². The Morgan fingerprint density at radius 2 is 1.85 bits per heavy atom. The summed E-state index contributed by atoms with van der Waals surface area (Å²) in [5.74, 6) is 0.0295. The minimum absolute atomic E-state index is 0.0295. The lowest BCUT2D eigenvalue weighted by atomic mass is 10.2. The Labute approximate surface area is 162 Å². The van der Waals surface area contributed by atoms with Crippen LogP contribution in [0.15, 0.2) is 58.8 Å². The molecule has 0 unspecified atom stereocenters. The summed E-state index contributed by atoms with van der Waals surface area (Å²) in [4.78, 5) is 32.2. The zero-order valence-electron chi connectivity index (χ0n) is 15.6. The van der Waals surface area contributed by atoms with Gasteiger partial charge in [-0.15, -0.1) is 11.3 Å². The van der Waals surface area contributed by atoms with Crippen LogP contribution in [0.4, 0.5) is 0 Å². The Morgan fingerprint density at radius 1 is 1.07 bits per heavy atom. The van der Waals surface area contributed by atoms with E-state index in [1.54, 1.807) is 22.0 Å². The van der Waals surface area contributed by atoms with Gasteiger partial charge in [-0.05, 0) is 25.5 Å². The van der Waals surface area contributed by atoms with Gasteiger partial charge in [0, 0.05) is 36.1 Å². The molecule has 0 fully saturated rings. The first kappa shape index (κ1) is 19.0. The molecule has 0 aliphatic carbocycles. The first-order valence-corrected chi connectivity index (χ1v) is 9.79. The zero-order chi connectivity index (χ0) is 19.2. The van der Waals surface area contributed by atoms with E-state index in [0.717, 1.165) is 21.8 Å². The number of carbonyl (C=O) groups excluding carboxylic acids is 1. The van der Waals surface area contributed by atoms with E-state index in [9.17, 15) is 9.59 Å². The molecular weight excluding hydrogens is 358 g/mol. The summed E-state index contributed by atoms with van der Waals surface area (Å²) in [5.41, 5.74) is 4.64. The highest BCUT2D eigenvalue weighted by molar-refractivity contribution is 7.09. The van der Waals surface area contributed by atoms with Crippen LogP contribution < -0.4 is 5.56 Å². The van der Waals surface area contributed by atoms with Gasteiger partial charge in [0.2, 0.25) is 5.91 Å². The fourth-order valence-electron chi connectivity index (χ4n) is 2.96. The van der Waals surface area contributed by atoms with Gasteiger partial charge in [-0.2, -0.15) is 0 Å². The molecule has 0 saturated carbocycles. The maximum Gasteiger partial charge on any atom is 0.250 e. The standard InChI is InChI=1S/C21H23N3O2S/c1-16-7-6-10-21(26)24(16)12-11-20(25)23(13-18-8-4-3-5-9-18)14-19-17(2)22-15-27-19/h3-10,15H,11-14H2,1-2H3. The van der Waals surface area contributed by atoms with E-state index in [0.29, 0.717) is 19.6 Å². The fourth-order valence-corrected chi connectivity index (χ4v) is 3.75. The molecule has 0 N–H and O–H groups in total. The van der Waals surface area contributed by atoms with Crippen molar-refractivity contribution in [2.75, 3.05) is 0 Å². The lowest BCUT2D eigenvalue weighted by Crippen LogP contribution is -2.32. The predicted octanol–water partition coefficient (Wildman–Crippen LogP) is 3.54. The van der Waals surface area contributed by atoms with Gasteiger partial charge in [0.15, 0.2) is 0 Å². The van der Waals surface area contributed by atoms with Gasteiger partial charge in [-0.1, -0.05) is 36.4 Å². The number of carbonyl (C=O) groups is 1. The molecule has 6 heteroatoms. The van der Waals surface area contributed by atoms with Gasteiger partial charge < -0.3 is 9.47 Å². The molecule has 0 radical (unpaired) electrons. The van der Waals surface area contributed by atoms with E-state index >= 15 is 0 Å². The number of nitrogens with zero attached hydrogens (tertiary/aromatic N) is 3. The van der Waals surface area contributed by atoms with Gasteiger partial charge in [0.05, 0.1) is 17.7 Å². The molecule has 0 spiro atoms. The molecular formula is C21H23N3O2S. The maximum atomic E-state index is 13.0. The van der Waals surface area contributed by atoms with Crippen LogP contribution in [0.2, 0.25) is 0 Å². The molecule has 1 amide bonds. The second kappa shape index (κ2) is 8.77. The SMILES string of the molecule is Cc1ncsc1CN(Cc1ccccc1)C(=O)CCn1c(C)cccc1=O. The first-order valence-electron chi connectivity index (χ1n) is 8.91. The number of pyridine rings is 1. The Balaban J connectivity index is 1.75. The molecule has 3 aromatic rings. The van der Waals surface area contributed by atoms with Gasteiger partial charge in [0.25, 0.3) is 5.56 Å². The molecule has 5 nitrogen and oxygen atoms in total. The van der Waals surface area contributed by atoms with Gasteiger partial charge >= 0.3 is 0 Å². The van der Waals surface area contributed by atoms with Crippen molar-refractivity contribution in [1.82, 2.24) is 14.5 Å². The van der Waals surface area contributed by atoms with E-state index in [2.05, 4.69) is 4.98 Å². The second-order valence-electron chi connectivity index (χ2n) is 6.50. The van der Waals surface area contributed by atoms with Crippen molar-refractivity contribution < 1.29 is 4.79 Å². The van der Waals surface area contributed by atoms with Crippen molar-refractivity contribution in [3.63, 3.8) is 0 Å². The van der Waals surface area contributed by atoms with Crippen molar-refractivity contribution in [2.24, 2.45) is 0 Å². The van der Waals surface area contributed by atoms with E-state index in [1.807, 2.05) is 60.7 Å². The molecule has 0 bridgehead atoms. The highest BCUT2D eigenvalue weighted by Crippen LogP contribution is 2.18. The highest BCUT2D eigenvalue weighted by atomic mass is 32.1. The second-order valence-corrected chi connectivity index (χ2v) is 7.44. The van der Waals surface area contributed by atoms with Gasteiger partial charge in [-0.25, -0.2) is 4.98 Å². The number of hydrogen-bond donors (Lipinski definition) is 0. The third kappa shape index (κ3) is 4.92. The lowest BCUT2D eigenvalue weighted by Gasteiger charge is -2.23. The summed E-state index contributed by atoms with van der Waals surface area (Å²) in [5, 5.41) is 0. The molecule has 1 aromatic carbocycles. The predicted molar refractivity (Wildman–Crippen MR) is 108 cm³/mol. The van der Waals surface area contributed by atoms with Crippen LogP contribution in [0.5, 0.6) is 0 Å². The smallest absolute Gasteiger partial charge is 0.250 e. The third-order valence-corrected chi connectivity index (χ3v) is 5.49. The summed E-state index contributed by atoms with van der Waals surface area (Å²) in [7, 11) is 0. The van der Waals surface area contributed by atoms with Crippen LogP contribution in [0.1, 0.15) is 28.2 Å². The van der Waals surface area contributed by atoms with Gasteiger partial charge in [-0.3, -0.25) is 9.59 Å². The van der Waals surface area contributed by atoms with Crippen LogP contribution >= 0.6 is 11.3 Å². The lowest BCUT2D eigenvalue weighted by molar-refractivity contribution is -0.132. The summed E-state index contributed by atoms with van der Waals surface area (Å²) in [6.07, 6.45) is 0.287. The highest BCUT2D eigenvalue weighted by Gasteiger charge is 2.17. The number of aromatic nitrogens is 2. The molecule has 0 aliphatic heterocycles. The quantitative estimate of drug-likeness (QED) is 0.629. The minimum Gasteiger partial charge on any atom is -0.333 e. The molecule has 27 heavy (non-hydrogen) atoms. The summed E-state index contributed by atoms with van der Waals surface area (Å²) in [6, 6.07) is 15.1. The number of amides is 1. The molecule has 140 valence electrons. The number of rotatable bonds is 7. The monoisotopic (exact) mass is 381 g/mol. The Kier molecular flexibility index (Phi) is 6.19. The summed E-state index contributed by atoms with van der Waals surface area (Å²) >= 11 is 1.56. The number of thiazole rings is 1. The Bertz CT molecular complexity index is 963. The Morgan fingerprint density at radius 3 is 2.52 bits per heavy atom. The van der Waals surface area contributed by atoms with Crippen molar-refractivity contribution in [3.05, 3.63) is 86.2 Å². The largest absolute Gasteiger partial charge is 0.333 e. The van der Waals surface area contributed by atoms with Crippen LogP contribution in [0, 0.1) is 13.8 Å². The topological polar surface area (TPSA) is 55.2 Å². The summed E-state index contributed by atoms with van der Waals surface area (Å²) < 4.78 is 1.65. The maximum absolute atomic E-state index is 13.0. The first-order chi connectivity index (χ1) is 13.0. The molecule has 0 atom stereocenters. The molecule has 3 rings (SSSR count). The van der Waals surface area contributed by atoms with Crippen LogP contribution in [-0.4, -0.2) is 20.4 Å². The number of aryl methyl sites for hydroxylation is 2. The fraction of sp³-hybridized carbons (Fsp3) is 0.286. The zero-order valence-corrected chi connectivity index (χ0v) is 16.4. The average molecular weight is 382 g/mol. The van der Waals surface area contributed by atoms with Crippen molar-refractivity contribution in [1.29, 1.82) is 0 Å². The van der Waals surface area contributed by atoms with E-state index in [1.165, 1.54) is 6.07 Å². The molecule has 0 aliphatic rings. The minimum atomic E-state index is -0.0734. The van der Waals surface area contributed by atoms with E-state index < -0.39 is 0 Å². The van der Waals surface area contributed by atoms with Crippen molar-refractivity contribution in [3.8, 4) is 0 Å². The van der Waals surface area contributed by atoms with Crippen molar-refractivity contribution in [2.45, 2.75) is 39.9 Å². The molecule has 2 aromatic heterocycles. The normalized spacial score (nSPS) is 10.7. The van der Waals surface area contributed by atoms with Crippen LogP contribution in [0.3, 0.4) is 0 Å². The van der Waals surface area contributed by atoms with E-state index in [-0.39, 0.29) is 17.9 Å². The molecule has 2 heterocycles. The average Bonchev–Trinajstić information content (AvgIpc) is 3.06.